The predicted molar refractivity (Wildman–Crippen MR) is 131 cm³/mol. The van der Waals surface area contributed by atoms with Gasteiger partial charge in [-0.15, -0.1) is 5.92 Å². The van der Waals surface area contributed by atoms with Gasteiger partial charge in [-0.3, -0.25) is 4.79 Å². The van der Waals surface area contributed by atoms with Crippen LogP contribution in [0.2, 0.25) is 5.02 Å². The maximum absolute atomic E-state index is 12.3. The molecule has 0 heterocycles. The Balaban J connectivity index is 1.53. The van der Waals surface area contributed by atoms with E-state index in [9.17, 15) is 9.90 Å². The van der Waals surface area contributed by atoms with Gasteiger partial charge in [0.1, 0.15) is 5.60 Å². The van der Waals surface area contributed by atoms with Crippen molar-refractivity contribution in [3.05, 3.63) is 46.5 Å². The topological polar surface area (TPSA) is 46.5 Å². The first-order valence-corrected chi connectivity index (χ1v) is 12.8. The molecule has 1 N–H and O–H groups in total. The van der Waals surface area contributed by atoms with Crippen LogP contribution in [0, 0.1) is 40.4 Å². The number of carbonyl (C=O) groups is 1. The molecule has 5 rings (SSSR count). The van der Waals surface area contributed by atoms with Crippen molar-refractivity contribution in [3.8, 4) is 11.8 Å². The van der Waals surface area contributed by atoms with Crippen molar-refractivity contribution in [1.29, 1.82) is 0 Å². The molecular weight excluding hydrogens is 432 g/mol. The lowest BCUT2D eigenvalue weighted by Gasteiger charge is -2.61. The summed E-state index contributed by atoms with van der Waals surface area (Å²) in [6, 6.07) is 7.86. The van der Waals surface area contributed by atoms with E-state index in [1.165, 1.54) is 5.57 Å². The van der Waals surface area contributed by atoms with Crippen LogP contribution in [0.15, 0.2) is 35.9 Å². The van der Waals surface area contributed by atoms with Crippen LogP contribution in [0.4, 0.5) is 0 Å². The highest BCUT2D eigenvalue weighted by Gasteiger charge is 2.66. The summed E-state index contributed by atoms with van der Waals surface area (Å²) < 4.78 is 6.75. The maximum Gasteiger partial charge on any atom is 0.155 e. The van der Waals surface area contributed by atoms with Gasteiger partial charge in [-0.2, -0.15) is 0 Å². The zero-order chi connectivity index (χ0) is 23.4. The summed E-state index contributed by atoms with van der Waals surface area (Å²) in [7, 11) is 0. The summed E-state index contributed by atoms with van der Waals surface area (Å²) in [5.41, 5.74) is 1.17. The quantitative estimate of drug-likeness (QED) is 0.545. The van der Waals surface area contributed by atoms with Crippen molar-refractivity contribution in [2.24, 2.45) is 28.6 Å². The number of aliphatic hydroxyl groups is 1. The van der Waals surface area contributed by atoms with E-state index in [0.717, 1.165) is 49.1 Å². The minimum absolute atomic E-state index is 0.0112. The van der Waals surface area contributed by atoms with Crippen LogP contribution in [0.25, 0.3) is 0 Å². The van der Waals surface area contributed by atoms with Gasteiger partial charge in [0, 0.05) is 16.9 Å². The first kappa shape index (κ1) is 23.2. The van der Waals surface area contributed by atoms with Gasteiger partial charge >= 0.3 is 0 Å². The molecule has 3 saturated carbocycles. The second-order valence-electron chi connectivity index (χ2n) is 11.3. The molecule has 4 heteroatoms. The molecule has 0 radical (unpaired) electrons. The molecule has 4 aliphatic carbocycles. The van der Waals surface area contributed by atoms with Gasteiger partial charge in [0.25, 0.3) is 0 Å². The van der Waals surface area contributed by atoms with E-state index in [1.807, 2.05) is 37.3 Å². The van der Waals surface area contributed by atoms with Crippen molar-refractivity contribution in [2.75, 3.05) is 0 Å². The Morgan fingerprint density at radius 3 is 2.64 bits per heavy atom. The molecule has 176 valence electrons. The van der Waals surface area contributed by atoms with Crippen molar-refractivity contribution >= 4 is 17.4 Å². The van der Waals surface area contributed by atoms with Crippen molar-refractivity contribution in [1.82, 2.24) is 0 Å². The molecule has 0 saturated heterocycles. The van der Waals surface area contributed by atoms with Gasteiger partial charge in [0.15, 0.2) is 5.78 Å². The number of hydrogen-bond donors (Lipinski definition) is 1. The van der Waals surface area contributed by atoms with Gasteiger partial charge in [-0.05, 0) is 92.4 Å². The van der Waals surface area contributed by atoms with Gasteiger partial charge in [0.2, 0.25) is 0 Å². The smallest absolute Gasteiger partial charge is 0.155 e. The van der Waals surface area contributed by atoms with E-state index in [4.69, 9.17) is 16.3 Å². The van der Waals surface area contributed by atoms with E-state index in [-0.39, 0.29) is 22.7 Å². The van der Waals surface area contributed by atoms with Gasteiger partial charge in [0.05, 0.1) is 12.7 Å². The number of carbonyl (C=O) groups excluding carboxylic acids is 1. The Morgan fingerprint density at radius 1 is 1.15 bits per heavy atom. The summed E-state index contributed by atoms with van der Waals surface area (Å²) in [5, 5.41) is 12.4. The van der Waals surface area contributed by atoms with Crippen molar-refractivity contribution in [3.63, 3.8) is 0 Å². The minimum Gasteiger partial charge on any atom is -0.377 e. The van der Waals surface area contributed by atoms with Crippen LogP contribution in [-0.4, -0.2) is 22.6 Å². The van der Waals surface area contributed by atoms with E-state index < -0.39 is 5.60 Å². The lowest BCUT2D eigenvalue weighted by atomic mass is 9.45. The monoisotopic (exact) mass is 466 g/mol. The molecule has 3 nitrogen and oxygen atoms in total. The summed E-state index contributed by atoms with van der Waals surface area (Å²) in [6.07, 6.45) is 8.08. The number of halogens is 1. The molecular formula is C29H35ClO3. The summed E-state index contributed by atoms with van der Waals surface area (Å²) in [4.78, 5) is 12.3. The molecule has 0 bridgehead atoms. The van der Waals surface area contributed by atoms with Crippen LogP contribution in [0.5, 0.6) is 0 Å². The normalized spacial score (nSPS) is 41.8. The zero-order valence-electron chi connectivity index (χ0n) is 20.0. The maximum atomic E-state index is 12.3. The third-order valence-electron chi connectivity index (χ3n) is 9.74. The number of benzene rings is 1. The SMILES string of the molecule is CC#C[C@]1(O)CC[C@H]2[C@@H]3CCC4=CC(=O)CC[C@]4(C)[C@H]3[C@@H](OCc3ccc(Cl)cc3)C[C@@]21C. The highest BCUT2D eigenvalue weighted by Crippen LogP contribution is 2.67. The van der Waals surface area contributed by atoms with E-state index in [0.29, 0.717) is 30.8 Å². The molecule has 0 amide bonds. The molecule has 4 aliphatic rings. The molecule has 7 atom stereocenters. The molecule has 0 aliphatic heterocycles. The standard InChI is InChI=1S/C29H35ClO3/c1-4-13-29(32)15-12-24-23-10-7-20-16-22(31)11-14-27(20,2)26(23)25(17-28(24,29)3)33-18-19-5-8-21(30)9-6-19/h5-6,8-9,16,23-26,32H,7,10-12,14-15,17-18H2,1-3H3/t23-,24-,25-,26+,27-,28-,29-/m0/s1. The average molecular weight is 467 g/mol. The Labute approximate surface area is 202 Å². The zero-order valence-corrected chi connectivity index (χ0v) is 20.8. The highest BCUT2D eigenvalue weighted by molar-refractivity contribution is 6.30. The fourth-order valence-corrected chi connectivity index (χ4v) is 8.14. The number of allylic oxidation sites excluding steroid dienone is 1. The lowest BCUT2D eigenvalue weighted by Crippen LogP contribution is -2.60. The predicted octanol–water partition coefficient (Wildman–Crippen LogP) is 6.12. The fourth-order valence-electron chi connectivity index (χ4n) is 8.01. The average Bonchev–Trinajstić information content (AvgIpc) is 3.04. The first-order chi connectivity index (χ1) is 15.7. The largest absolute Gasteiger partial charge is 0.377 e. The Hall–Kier alpha value is -1.60. The van der Waals surface area contributed by atoms with Crippen molar-refractivity contribution in [2.45, 2.75) is 84.0 Å². The molecule has 1 aromatic rings. The second-order valence-corrected chi connectivity index (χ2v) is 11.7. The number of ether oxygens (including phenoxy) is 1. The second kappa shape index (κ2) is 8.26. The van der Waals surface area contributed by atoms with Gasteiger partial charge in [-0.1, -0.05) is 49.1 Å². The molecule has 1 aromatic carbocycles. The Morgan fingerprint density at radius 2 is 1.91 bits per heavy atom. The van der Waals surface area contributed by atoms with E-state index in [1.54, 1.807) is 0 Å². The molecule has 33 heavy (non-hydrogen) atoms. The number of hydrogen-bond acceptors (Lipinski definition) is 3. The molecule has 0 unspecified atom stereocenters. The minimum atomic E-state index is -0.960. The summed E-state index contributed by atoms with van der Waals surface area (Å²) in [6.45, 7) is 6.97. The summed E-state index contributed by atoms with van der Waals surface area (Å²) >= 11 is 6.08. The van der Waals surface area contributed by atoms with E-state index >= 15 is 0 Å². The van der Waals surface area contributed by atoms with Crippen LogP contribution in [-0.2, 0) is 16.1 Å². The molecule has 3 fully saturated rings. The number of rotatable bonds is 3. The van der Waals surface area contributed by atoms with E-state index in [2.05, 4.69) is 25.7 Å². The third kappa shape index (κ3) is 3.61. The highest BCUT2D eigenvalue weighted by atomic mass is 35.5. The third-order valence-corrected chi connectivity index (χ3v) is 9.99. The number of ketones is 1. The van der Waals surface area contributed by atoms with Gasteiger partial charge in [-0.25, -0.2) is 0 Å². The van der Waals surface area contributed by atoms with Gasteiger partial charge < -0.3 is 9.84 Å². The van der Waals surface area contributed by atoms with Crippen LogP contribution in [0.1, 0.15) is 71.3 Å². The summed E-state index contributed by atoms with van der Waals surface area (Å²) in [5.74, 6) is 7.75. The van der Waals surface area contributed by atoms with Crippen molar-refractivity contribution < 1.29 is 14.6 Å². The van der Waals surface area contributed by atoms with Crippen LogP contribution >= 0.6 is 11.6 Å². The fraction of sp³-hybridized carbons (Fsp3) is 0.621. The first-order valence-electron chi connectivity index (χ1n) is 12.5. The Kier molecular flexibility index (Phi) is 5.80. The molecule has 0 aromatic heterocycles. The van der Waals surface area contributed by atoms with Crippen LogP contribution < -0.4 is 0 Å². The Bertz CT molecular complexity index is 1030. The lowest BCUT2D eigenvalue weighted by molar-refractivity contribution is -0.176. The van der Waals surface area contributed by atoms with Crippen LogP contribution in [0.3, 0.4) is 0 Å². The number of fused-ring (bicyclic) bond motifs is 5. The molecule has 0 spiro atoms.